The summed E-state index contributed by atoms with van der Waals surface area (Å²) in [7, 11) is 0. The smallest absolute Gasteiger partial charge is 0.0543 e. The molecular formula is C50H38N2. The van der Waals surface area contributed by atoms with E-state index in [0.717, 1.165) is 17.1 Å². The van der Waals surface area contributed by atoms with E-state index in [1.54, 1.807) is 0 Å². The molecular weight excluding hydrogens is 629 g/mol. The van der Waals surface area contributed by atoms with E-state index in [1.165, 1.54) is 77.4 Å². The van der Waals surface area contributed by atoms with Crippen molar-refractivity contribution in [3.05, 3.63) is 199 Å². The van der Waals surface area contributed by atoms with Crippen LogP contribution in [-0.4, -0.2) is 4.57 Å². The summed E-state index contributed by atoms with van der Waals surface area (Å²) in [5.74, 6) is 0. The number of aryl methyl sites for hydroxylation is 2. The van der Waals surface area contributed by atoms with Crippen molar-refractivity contribution in [2.75, 3.05) is 5.32 Å². The fourth-order valence-corrected chi connectivity index (χ4v) is 7.36. The molecule has 0 amide bonds. The molecule has 0 aliphatic carbocycles. The second-order valence-electron chi connectivity index (χ2n) is 13.7. The Hall–Kier alpha value is -6.64. The molecule has 2 nitrogen and oxygen atoms in total. The molecule has 52 heavy (non-hydrogen) atoms. The van der Waals surface area contributed by atoms with Crippen molar-refractivity contribution in [2.24, 2.45) is 0 Å². The minimum atomic E-state index is 1.06. The van der Waals surface area contributed by atoms with Gasteiger partial charge in [0.15, 0.2) is 0 Å². The third-order valence-corrected chi connectivity index (χ3v) is 10.1. The van der Waals surface area contributed by atoms with Gasteiger partial charge in [-0.25, -0.2) is 0 Å². The molecule has 0 unspecified atom stereocenters. The van der Waals surface area contributed by atoms with Gasteiger partial charge in [-0.15, -0.1) is 0 Å². The van der Waals surface area contributed by atoms with Crippen LogP contribution < -0.4 is 5.32 Å². The topological polar surface area (TPSA) is 17.0 Å². The van der Waals surface area contributed by atoms with Crippen LogP contribution in [0.1, 0.15) is 11.1 Å². The van der Waals surface area contributed by atoms with E-state index in [1.807, 2.05) is 0 Å². The van der Waals surface area contributed by atoms with E-state index in [9.17, 15) is 0 Å². The minimum absolute atomic E-state index is 1.06. The molecule has 0 fully saturated rings. The van der Waals surface area contributed by atoms with E-state index < -0.39 is 0 Å². The number of fused-ring (bicyclic) bond motifs is 3. The van der Waals surface area contributed by atoms with Crippen molar-refractivity contribution < 1.29 is 0 Å². The number of hydrogen-bond donors (Lipinski definition) is 1. The van der Waals surface area contributed by atoms with Crippen LogP contribution in [0.4, 0.5) is 11.4 Å². The third kappa shape index (κ3) is 5.95. The first-order chi connectivity index (χ1) is 25.6. The molecule has 0 aliphatic rings. The summed E-state index contributed by atoms with van der Waals surface area (Å²) >= 11 is 0. The van der Waals surface area contributed by atoms with Gasteiger partial charge in [-0.1, -0.05) is 139 Å². The fraction of sp³-hybridized carbons (Fsp3) is 0.0400. The summed E-state index contributed by atoms with van der Waals surface area (Å²) in [6.45, 7) is 4.31. The maximum absolute atomic E-state index is 3.73. The molecule has 9 aromatic rings. The lowest BCUT2D eigenvalue weighted by Gasteiger charge is -2.16. The van der Waals surface area contributed by atoms with E-state index in [-0.39, 0.29) is 0 Å². The minimum Gasteiger partial charge on any atom is -0.355 e. The van der Waals surface area contributed by atoms with Gasteiger partial charge in [0.2, 0.25) is 0 Å². The lowest BCUT2D eigenvalue weighted by Crippen LogP contribution is -1.95. The number of rotatable bonds is 7. The summed E-state index contributed by atoms with van der Waals surface area (Å²) in [5.41, 5.74) is 17.8. The number of aromatic nitrogens is 1. The van der Waals surface area contributed by atoms with Crippen LogP contribution in [0.25, 0.3) is 72.0 Å². The number of nitrogens with zero attached hydrogens (tertiary/aromatic N) is 1. The molecule has 0 atom stereocenters. The van der Waals surface area contributed by atoms with Crippen LogP contribution in [0.3, 0.4) is 0 Å². The largest absolute Gasteiger partial charge is 0.355 e. The van der Waals surface area contributed by atoms with Crippen LogP contribution in [0.2, 0.25) is 0 Å². The Morgan fingerprint density at radius 2 is 0.904 bits per heavy atom. The van der Waals surface area contributed by atoms with Crippen LogP contribution in [-0.2, 0) is 0 Å². The lowest BCUT2D eigenvalue weighted by atomic mass is 9.95. The monoisotopic (exact) mass is 666 g/mol. The zero-order valence-electron chi connectivity index (χ0n) is 29.3. The molecule has 1 heterocycles. The highest BCUT2D eigenvalue weighted by atomic mass is 15.0. The molecule has 248 valence electrons. The number of nitrogens with one attached hydrogen (secondary N) is 1. The highest BCUT2D eigenvalue weighted by molar-refractivity contribution is 6.10. The number of hydrogen-bond acceptors (Lipinski definition) is 1. The highest BCUT2D eigenvalue weighted by Gasteiger charge is 2.15. The Labute approximate surface area is 305 Å². The molecule has 8 aromatic carbocycles. The first kappa shape index (κ1) is 31.3. The van der Waals surface area contributed by atoms with E-state index in [0.29, 0.717) is 0 Å². The first-order valence-electron chi connectivity index (χ1n) is 17.9. The highest BCUT2D eigenvalue weighted by Crippen LogP contribution is 2.39. The molecule has 9 rings (SSSR count). The predicted molar refractivity (Wildman–Crippen MR) is 222 cm³/mol. The normalized spacial score (nSPS) is 11.3. The molecule has 0 radical (unpaired) electrons. The summed E-state index contributed by atoms with van der Waals surface area (Å²) in [5, 5.41) is 6.24. The molecule has 1 N–H and O–H groups in total. The first-order valence-corrected chi connectivity index (χ1v) is 17.9. The second-order valence-corrected chi connectivity index (χ2v) is 13.7. The van der Waals surface area contributed by atoms with Crippen molar-refractivity contribution in [1.29, 1.82) is 0 Å². The molecule has 0 saturated heterocycles. The Balaban J connectivity index is 1.12. The molecule has 2 heteroatoms. The average molecular weight is 667 g/mol. The zero-order valence-corrected chi connectivity index (χ0v) is 29.3. The second kappa shape index (κ2) is 13.2. The van der Waals surface area contributed by atoms with Gasteiger partial charge in [-0.2, -0.15) is 0 Å². The Bertz CT molecular complexity index is 2670. The van der Waals surface area contributed by atoms with Crippen LogP contribution in [0, 0.1) is 13.8 Å². The lowest BCUT2D eigenvalue weighted by molar-refractivity contribution is 1.18. The Morgan fingerprint density at radius 1 is 0.365 bits per heavy atom. The van der Waals surface area contributed by atoms with E-state index >= 15 is 0 Å². The van der Waals surface area contributed by atoms with Crippen molar-refractivity contribution in [2.45, 2.75) is 13.8 Å². The number of benzene rings is 8. The van der Waals surface area contributed by atoms with Crippen LogP contribution in [0.5, 0.6) is 0 Å². The average Bonchev–Trinajstić information content (AvgIpc) is 3.52. The van der Waals surface area contributed by atoms with Crippen molar-refractivity contribution in [3.8, 4) is 50.2 Å². The Morgan fingerprint density at radius 3 is 1.58 bits per heavy atom. The van der Waals surface area contributed by atoms with Gasteiger partial charge >= 0.3 is 0 Å². The molecule has 0 bridgehead atoms. The standard InChI is InChI=1S/C50H38N2/c1-34-13-16-40(17-14-34)46-32-41(22-29-48(46)51-43-24-18-38(19-25-43)36-9-5-3-6-10-36)42-23-30-49-47(33-42)45-28-15-35(2)31-50(45)52(49)44-26-20-39(21-27-44)37-11-7-4-8-12-37/h3-33,51H,1-2H3. The maximum Gasteiger partial charge on any atom is 0.0543 e. The maximum atomic E-state index is 3.73. The van der Waals surface area contributed by atoms with Gasteiger partial charge in [-0.05, 0) is 113 Å². The quantitative estimate of drug-likeness (QED) is 0.179. The van der Waals surface area contributed by atoms with Gasteiger partial charge in [0.05, 0.1) is 11.0 Å². The van der Waals surface area contributed by atoms with Gasteiger partial charge in [0.25, 0.3) is 0 Å². The fourth-order valence-electron chi connectivity index (χ4n) is 7.36. The van der Waals surface area contributed by atoms with Gasteiger partial charge in [0, 0.05) is 33.4 Å². The van der Waals surface area contributed by atoms with Crippen molar-refractivity contribution >= 4 is 33.2 Å². The summed E-state index contributed by atoms with van der Waals surface area (Å²) in [6, 6.07) is 68.1. The van der Waals surface area contributed by atoms with E-state index in [4.69, 9.17) is 0 Å². The molecule has 0 spiro atoms. The zero-order chi connectivity index (χ0) is 35.0. The van der Waals surface area contributed by atoms with Gasteiger partial charge in [0.1, 0.15) is 0 Å². The van der Waals surface area contributed by atoms with Crippen LogP contribution >= 0.6 is 0 Å². The summed E-state index contributed by atoms with van der Waals surface area (Å²) < 4.78 is 2.41. The molecule has 1 aromatic heterocycles. The third-order valence-electron chi connectivity index (χ3n) is 10.1. The predicted octanol–water partition coefficient (Wildman–Crippen LogP) is 13.8. The Kier molecular flexibility index (Phi) is 7.98. The van der Waals surface area contributed by atoms with Crippen LogP contribution in [0.15, 0.2) is 188 Å². The SMILES string of the molecule is Cc1ccc(-c2cc(-c3ccc4c(c3)c3ccc(C)cc3n4-c3ccc(-c4ccccc4)cc3)ccc2Nc2ccc(-c3ccccc3)cc2)cc1. The van der Waals surface area contributed by atoms with Gasteiger partial charge in [-0.3, -0.25) is 0 Å². The van der Waals surface area contributed by atoms with Gasteiger partial charge < -0.3 is 9.88 Å². The van der Waals surface area contributed by atoms with Crippen molar-refractivity contribution in [1.82, 2.24) is 4.57 Å². The molecule has 0 saturated carbocycles. The van der Waals surface area contributed by atoms with E-state index in [2.05, 4.69) is 212 Å². The summed E-state index contributed by atoms with van der Waals surface area (Å²) in [4.78, 5) is 0. The molecule has 0 aliphatic heterocycles. The summed E-state index contributed by atoms with van der Waals surface area (Å²) in [6.07, 6.45) is 0. The van der Waals surface area contributed by atoms with Crippen molar-refractivity contribution in [3.63, 3.8) is 0 Å². The number of anilines is 2.